The number of benzene rings is 1. The number of nitrogens with two attached hydrogens (primary N) is 1. The van der Waals surface area contributed by atoms with Crippen molar-refractivity contribution < 1.29 is 9.84 Å². The van der Waals surface area contributed by atoms with E-state index in [2.05, 4.69) is 15.9 Å². The highest BCUT2D eigenvalue weighted by Gasteiger charge is 2.24. The summed E-state index contributed by atoms with van der Waals surface area (Å²) in [5, 5.41) is 10.1. The lowest BCUT2D eigenvalue weighted by Gasteiger charge is -2.23. The minimum atomic E-state index is -0.581. The van der Waals surface area contributed by atoms with Gasteiger partial charge in [0, 0.05) is 11.1 Å². The van der Waals surface area contributed by atoms with Gasteiger partial charge in [0.2, 0.25) is 0 Å². The van der Waals surface area contributed by atoms with Crippen LogP contribution in [0.1, 0.15) is 31.9 Å². The second-order valence-corrected chi connectivity index (χ2v) is 5.15. The van der Waals surface area contributed by atoms with E-state index in [1.165, 1.54) is 0 Å². The molecule has 4 heteroatoms. The lowest BCUT2D eigenvalue weighted by atomic mass is 9.92. The van der Waals surface area contributed by atoms with Gasteiger partial charge in [-0.25, -0.2) is 0 Å². The average Bonchev–Trinajstić information content (AvgIpc) is 2.19. The quantitative estimate of drug-likeness (QED) is 0.899. The fourth-order valence-corrected chi connectivity index (χ4v) is 2.28. The molecule has 0 aliphatic rings. The highest BCUT2D eigenvalue weighted by Crippen LogP contribution is 2.42. The van der Waals surface area contributed by atoms with Crippen molar-refractivity contribution in [1.29, 1.82) is 0 Å². The molecule has 0 atom stereocenters. The molecule has 0 amide bonds. The zero-order valence-corrected chi connectivity index (χ0v) is 11.7. The smallest absolute Gasteiger partial charge is 0.140 e. The van der Waals surface area contributed by atoms with Crippen LogP contribution in [0.15, 0.2) is 10.5 Å². The number of hydrogen-bond donors (Lipinski definition) is 2. The van der Waals surface area contributed by atoms with E-state index in [1.54, 1.807) is 7.11 Å². The van der Waals surface area contributed by atoms with Gasteiger partial charge in [-0.05, 0) is 47.8 Å². The highest BCUT2D eigenvalue weighted by atomic mass is 79.9. The minimum Gasteiger partial charge on any atom is -0.506 e. The van der Waals surface area contributed by atoms with E-state index >= 15 is 0 Å². The molecule has 0 saturated heterocycles. The standard InChI is InChI=1S/C12H18BrNO2/c1-5-7-6-8(12(2,3)14)10(15)9(13)11(7)16-4/h6,15H,5,14H2,1-4H3. The van der Waals surface area contributed by atoms with Gasteiger partial charge in [-0.2, -0.15) is 0 Å². The molecule has 0 aliphatic heterocycles. The Labute approximate surface area is 105 Å². The monoisotopic (exact) mass is 287 g/mol. The third kappa shape index (κ3) is 2.33. The summed E-state index contributed by atoms with van der Waals surface area (Å²) in [6, 6.07) is 1.90. The van der Waals surface area contributed by atoms with Gasteiger partial charge < -0.3 is 15.6 Å². The van der Waals surface area contributed by atoms with Gasteiger partial charge in [0.1, 0.15) is 16.0 Å². The van der Waals surface area contributed by atoms with Crippen LogP contribution < -0.4 is 10.5 Å². The predicted molar refractivity (Wildman–Crippen MR) is 69.0 cm³/mol. The molecule has 90 valence electrons. The lowest BCUT2D eigenvalue weighted by molar-refractivity contribution is 0.392. The SMILES string of the molecule is CCc1cc(C(C)(C)N)c(O)c(Br)c1OC. The van der Waals surface area contributed by atoms with Crippen LogP contribution in [0.2, 0.25) is 0 Å². The molecule has 1 aromatic carbocycles. The van der Waals surface area contributed by atoms with Crippen LogP contribution in [0.3, 0.4) is 0 Å². The van der Waals surface area contributed by atoms with Gasteiger partial charge in [-0.15, -0.1) is 0 Å². The zero-order valence-electron chi connectivity index (χ0n) is 10.1. The normalized spacial score (nSPS) is 11.6. The molecular weight excluding hydrogens is 270 g/mol. The largest absolute Gasteiger partial charge is 0.506 e. The lowest BCUT2D eigenvalue weighted by Crippen LogP contribution is -2.29. The van der Waals surface area contributed by atoms with E-state index in [0.29, 0.717) is 10.2 Å². The summed E-state index contributed by atoms with van der Waals surface area (Å²) in [4.78, 5) is 0. The number of halogens is 1. The van der Waals surface area contributed by atoms with Crippen molar-refractivity contribution in [2.45, 2.75) is 32.7 Å². The summed E-state index contributed by atoms with van der Waals surface area (Å²) in [5.41, 5.74) is 7.19. The van der Waals surface area contributed by atoms with E-state index in [1.807, 2.05) is 26.8 Å². The van der Waals surface area contributed by atoms with Crippen LogP contribution in [0, 0.1) is 0 Å². The summed E-state index contributed by atoms with van der Waals surface area (Å²) >= 11 is 3.34. The predicted octanol–water partition coefficient (Wildman–Crippen LogP) is 2.92. The van der Waals surface area contributed by atoms with Gasteiger partial charge in [-0.1, -0.05) is 6.92 Å². The summed E-state index contributed by atoms with van der Waals surface area (Å²) in [5.74, 6) is 0.828. The van der Waals surface area contributed by atoms with Gasteiger partial charge in [0.05, 0.1) is 7.11 Å². The Balaban J connectivity index is 3.51. The molecule has 0 aromatic heterocycles. The molecule has 0 unspecified atom stereocenters. The molecule has 0 aliphatic carbocycles. The molecule has 0 heterocycles. The third-order valence-electron chi connectivity index (χ3n) is 2.55. The number of rotatable bonds is 3. The summed E-state index contributed by atoms with van der Waals surface area (Å²) < 4.78 is 5.84. The van der Waals surface area contributed by atoms with Gasteiger partial charge in [-0.3, -0.25) is 0 Å². The number of ether oxygens (including phenoxy) is 1. The third-order valence-corrected chi connectivity index (χ3v) is 3.29. The molecule has 1 aromatic rings. The Bertz CT molecular complexity index is 397. The number of aromatic hydroxyl groups is 1. The molecule has 16 heavy (non-hydrogen) atoms. The Hall–Kier alpha value is -0.740. The van der Waals surface area contributed by atoms with Gasteiger partial charge >= 0.3 is 0 Å². The van der Waals surface area contributed by atoms with E-state index in [-0.39, 0.29) is 5.75 Å². The van der Waals surface area contributed by atoms with E-state index in [0.717, 1.165) is 17.5 Å². The summed E-state index contributed by atoms with van der Waals surface area (Å²) in [6.45, 7) is 5.76. The van der Waals surface area contributed by atoms with Crippen molar-refractivity contribution in [3.8, 4) is 11.5 Å². The van der Waals surface area contributed by atoms with Crippen LogP contribution in [-0.2, 0) is 12.0 Å². The number of phenols is 1. The van der Waals surface area contributed by atoms with Crippen molar-refractivity contribution in [2.24, 2.45) is 5.73 Å². The molecule has 3 nitrogen and oxygen atoms in total. The van der Waals surface area contributed by atoms with Crippen LogP contribution in [0.25, 0.3) is 0 Å². The molecule has 3 N–H and O–H groups in total. The number of aryl methyl sites for hydroxylation is 1. The van der Waals surface area contributed by atoms with Gasteiger partial charge in [0.15, 0.2) is 0 Å². The van der Waals surface area contributed by atoms with Crippen molar-refractivity contribution in [3.63, 3.8) is 0 Å². The second-order valence-electron chi connectivity index (χ2n) is 4.35. The molecule has 0 bridgehead atoms. The topological polar surface area (TPSA) is 55.5 Å². The first-order chi connectivity index (χ1) is 7.32. The van der Waals surface area contributed by atoms with Crippen molar-refractivity contribution in [2.75, 3.05) is 7.11 Å². The zero-order chi connectivity index (χ0) is 12.5. The maximum Gasteiger partial charge on any atom is 0.140 e. The fourth-order valence-electron chi connectivity index (χ4n) is 1.65. The second kappa shape index (κ2) is 4.63. The highest BCUT2D eigenvalue weighted by molar-refractivity contribution is 9.10. The fraction of sp³-hybridized carbons (Fsp3) is 0.500. The number of methoxy groups -OCH3 is 1. The van der Waals surface area contributed by atoms with E-state index in [4.69, 9.17) is 10.5 Å². The minimum absolute atomic E-state index is 0.154. The van der Waals surface area contributed by atoms with E-state index < -0.39 is 5.54 Å². The van der Waals surface area contributed by atoms with Crippen molar-refractivity contribution in [3.05, 3.63) is 21.7 Å². The average molecular weight is 288 g/mol. The number of phenolic OH excluding ortho intramolecular Hbond substituents is 1. The number of hydrogen-bond acceptors (Lipinski definition) is 3. The maximum absolute atomic E-state index is 10.1. The van der Waals surface area contributed by atoms with Crippen LogP contribution >= 0.6 is 15.9 Å². The molecule has 1 rings (SSSR count). The van der Waals surface area contributed by atoms with E-state index in [9.17, 15) is 5.11 Å². The molecule has 0 radical (unpaired) electrons. The Morgan fingerprint density at radius 2 is 2.06 bits per heavy atom. The first-order valence-corrected chi connectivity index (χ1v) is 5.99. The van der Waals surface area contributed by atoms with Crippen LogP contribution in [-0.4, -0.2) is 12.2 Å². The molecular formula is C12H18BrNO2. The molecule has 0 saturated carbocycles. The molecule has 0 fully saturated rings. The molecule has 0 spiro atoms. The van der Waals surface area contributed by atoms with Crippen LogP contribution in [0.4, 0.5) is 0 Å². The summed E-state index contributed by atoms with van der Waals surface area (Å²) in [6.07, 6.45) is 0.825. The van der Waals surface area contributed by atoms with Crippen molar-refractivity contribution >= 4 is 15.9 Å². The van der Waals surface area contributed by atoms with Gasteiger partial charge in [0.25, 0.3) is 0 Å². The first-order valence-electron chi connectivity index (χ1n) is 5.20. The van der Waals surface area contributed by atoms with Crippen LogP contribution in [0.5, 0.6) is 11.5 Å². The maximum atomic E-state index is 10.1. The Kier molecular flexibility index (Phi) is 3.86. The Morgan fingerprint density at radius 3 is 2.44 bits per heavy atom. The Morgan fingerprint density at radius 1 is 1.50 bits per heavy atom. The first kappa shape index (κ1) is 13.3. The van der Waals surface area contributed by atoms with Crippen molar-refractivity contribution in [1.82, 2.24) is 0 Å². The summed E-state index contributed by atoms with van der Waals surface area (Å²) in [7, 11) is 1.59.